The van der Waals surface area contributed by atoms with Gasteiger partial charge in [-0.05, 0) is 38.3 Å². The second-order valence-electron chi connectivity index (χ2n) is 7.59. The highest BCUT2D eigenvalue weighted by molar-refractivity contribution is 5.77. The van der Waals surface area contributed by atoms with Crippen LogP contribution in [0.4, 0.5) is 4.79 Å². The molecule has 1 aromatic heterocycles. The van der Waals surface area contributed by atoms with Gasteiger partial charge in [0.05, 0.1) is 13.1 Å². The van der Waals surface area contributed by atoms with Crippen molar-refractivity contribution < 1.29 is 19.2 Å². The Bertz CT molecular complexity index is 618. The molecule has 0 aromatic carbocycles. The van der Waals surface area contributed by atoms with Crippen LogP contribution >= 0.6 is 0 Å². The van der Waals surface area contributed by atoms with Crippen molar-refractivity contribution in [3.05, 3.63) is 30.1 Å². The summed E-state index contributed by atoms with van der Waals surface area (Å²) in [5.74, 6) is -1.43. The number of carbonyl (C=O) groups is 2. The zero-order valence-corrected chi connectivity index (χ0v) is 15.6. The number of rotatable bonds is 6. The number of quaternary nitrogens is 1. The van der Waals surface area contributed by atoms with Crippen LogP contribution in [0.3, 0.4) is 0 Å². The van der Waals surface area contributed by atoms with Crippen molar-refractivity contribution >= 4 is 12.0 Å². The van der Waals surface area contributed by atoms with Gasteiger partial charge in [-0.3, -0.25) is 4.98 Å². The molecular formula is C19H29N3O3. The Morgan fingerprint density at radius 2 is 2.12 bits per heavy atom. The molecule has 1 aliphatic heterocycles. The summed E-state index contributed by atoms with van der Waals surface area (Å²) < 4.78 is -0.0954. The summed E-state index contributed by atoms with van der Waals surface area (Å²) in [6, 6.07) is 2.58. The number of amides is 2. The lowest BCUT2D eigenvalue weighted by Crippen LogP contribution is -2.67. The zero-order chi connectivity index (χ0) is 18.7. The molecule has 6 heteroatoms. The van der Waals surface area contributed by atoms with Crippen molar-refractivity contribution in [3.63, 3.8) is 0 Å². The van der Waals surface area contributed by atoms with E-state index in [1.165, 1.54) is 0 Å². The number of pyridine rings is 1. The number of likely N-dealkylation sites (tertiary alicyclic amines) is 1. The fraction of sp³-hybridized carbons (Fsp3) is 0.632. The van der Waals surface area contributed by atoms with Gasteiger partial charge in [-0.1, -0.05) is 19.9 Å². The highest BCUT2D eigenvalue weighted by Gasteiger charge is 2.54. The average Bonchev–Trinajstić information content (AvgIpc) is 2.96. The van der Waals surface area contributed by atoms with E-state index in [2.05, 4.69) is 10.3 Å². The number of carboxylic acids is 1. The average molecular weight is 347 g/mol. The molecule has 1 aliphatic rings. The van der Waals surface area contributed by atoms with Crippen LogP contribution in [0.25, 0.3) is 0 Å². The van der Waals surface area contributed by atoms with Gasteiger partial charge in [0.15, 0.2) is 0 Å². The van der Waals surface area contributed by atoms with Crippen LogP contribution in [0.5, 0.6) is 0 Å². The van der Waals surface area contributed by atoms with Crippen molar-refractivity contribution in [2.24, 2.45) is 0 Å². The van der Waals surface area contributed by atoms with Crippen LogP contribution in [0.15, 0.2) is 24.5 Å². The normalized spacial score (nSPS) is 26.4. The Balaban J connectivity index is 2.42. The molecule has 6 nitrogen and oxygen atoms in total. The molecule has 25 heavy (non-hydrogen) atoms. The van der Waals surface area contributed by atoms with Gasteiger partial charge in [0, 0.05) is 30.3 Å². The maximum absolute atomic E-state index is 13.2. The number of nitrogens with one attached hydrogen (secondary N) is 1. The van der Waals surface area contributed by atoms with E-state index < -0.39 is 12.0 Å². The summed E-state index contributed by atoms with van der Waals surface area (Å²) in [6.07, 6.45) is 5.48. The van der Waals surface area contributed by atoms with Crippen molar-refractivity contribution in [2.75, 3.05) is 13.1 Å². The molecule has 2 amide bonds. The highest BCUT2D eigenvalue weighted by atomic mass is 16.4. The predicted molar refractivity (Wildman–Crippen MR) is 93.6 cm³/mol. The molecule has 1 aromatic rings. The van der Waals surface area contributed by atoms with E-state index in [1.807, 2.05) is 33.8 Å². The van der Waals surface area contributed by atoms with E-state index in [-0.39, 0.29) is 22.0 Å². The first-order valence-electron chi connectivity index (χ1n) is 9.07. The summed E-state index contributed by atoms with van der Waals surface area (Å²) >= 11 is 0. The lowest BCUT2D eigenvalue weighted by atomic mass is 9.92. The molecule has 0 saturated carbocycles. The summed E-state index contributed by atoms with van der Waals surface area (Å²) in [4.78, 5) is 29.4. The third-order valence-corrected chi connectivity index (χ3v) is 5.46. The highest BCUT2D eigenvalue weighted by Crippen LogP contribution is 2.39. The number of carbonyl (C=O) groups excluding carboxylic acids is 2. The first kappa shape index (κ1) is 19.4. The van der Waals surface area contributed by atoms with Crippen molar-refractivity contribution in [3.8, 4) is 0 Å². The maximum atomic E-state index is 13.2. The van der Waals surface area contributed by atoms with E-state index >= 15 is 0 Å². The molecule has 1 saturated heterocycles. The number of urea groups is 1. The quantitative estimate of drug-likeness (QED) is 0.796. The van der Waals surface area contributed by atoms with Crippen LogP contribution in [-0.2, 0) is 4.79 Å². The van der Waals surface area contributed by atoms with Gasteiger partial charge >= 0.3 is 6.03 Å². The SMILES string of the molecule is CCC[N+]1(C(=O)NC(C)(C)CC)CCC(c2cccnc2)[C@H]1C(=O)[O-]. The van der Waals surface area contributed by atoms with Crippen molar-refractivity contribution in [1.82, 2.24) is 10.3 Å². The molecule has 2 rings (SSSR count). The van der Waals surface area contributed by atoms with Gasteiger partial charge in [0.2, 0.25) is 0 Å². The largest absolute Gasteiger partial charge is 0.544 e. The Morgan fingerprint density at radius 3 is 2.64 bits per heavy atom. The Morgan fingerprint density at radius 1 is 1.40 bits per heavy atom. The number of aliphatic carboxylic acids is 1. The fourth-order valence-electron chi connectivity index (χ4n) is 3.79. The van der Waals surface area contributed by atoms with Crippen LogP contribution in [0.2, 0.25) is 0 Å². The van der Waals surface area contributed by atoms with Crippen molar-refractivity contribution in [2.45, 2.75) is 64.5 Å². The van der Waals surface area contributed by atoms with Gasteiger partial charge < -0.3 is 15.2 Å². The molecule has 3 atom stereocenters. The minimum atomic E-state index is -1.16. The molecule has 0 aliphatic carbocycles. The first-order valence-corrected chi connectivity index (χ1v) is 9.07. The van der Waals surface area contributed by atoms with Crippen LogP contribution in [0, 0.1) is 0 Å². The predicted octanol–water partition coefficient (Wildman–Crippen LogP) is 1.81. The molecule has 2 heterocycles. The minimum absolute atomic E-state index is 0.0954. The lowest BCUT2D eigenvalue weighted by Gasteiger charge is -2.41. The molecule has 2 unspecified atom stereocenters. The molecule has 1 fully saturated rings. The van der Waals surface area contributed by atoms with Gasteiger partial charge in [0.1, 0.15) is 12.0 Å². The molecule has 0 spiro atoms. The third kappa shape index (κ3) is 3.84. The Kier molecular flexibility index (Phi) is 5.83. The van der Waals surface area contributed by atoms with E-state index in [0.29, 0.717) is 19.5 Å². The number of carboxylic acid groups (broad SMARTS) is 1. The summed E-state index contributed by atoms with van der Waals surface area (Å²) in [7, 11) is 0. The first-order chi connectivity index (χ1) is 11.8. The van der Waals surface area contributed by atoms with Gasteiger partial charge in [-0.2, -0.15) is 0 Å². The Hall–Kier alpha value is -1.95. The summed E-state index contributed by atoms with van der Waals surface area (Å²) in [6.45, 7) is 8.87. The fourth-order valence-corrected chi connectivity index (χ4v) is 3.79. The Labute approximate surface area is 149 Å². The standard InChI is InChI=1S/C19H29N3O3/c1-5-11-22(18(25)21-19(3,4)6-2)12-9-15(16(22)17(23)24)14-8-7-10-20-13-14/h7-8,10,13,15-16H,5-6,9,11-12H2,1-4H3,(H-,21,23,24,25)/t15?,16-,22?/m0/s1. The number of hydrogen-bond acceptors (Lipinski definition) is 4. The van der Waals surface area contributed by atoms with Crippen molar-refractivity contribution in [1.29, 1.82) is 0 Å². The van der Waals surface area contributed by atoms with Gasteiger partial charge in [-0.25, -0.2) is 9.28 Å². The van der Waals surface area contributed by atoms with E-state index in [1.54, 1.807) is 18.5 Å². The number of hydrogen-bond donors (Lipinski definition) is 1. The topological polar surface area (TPSA) is 82.1 Å². The van der Waals surface area contributed by atoms with E-state index in [0.717, 1.165) is 18.4 Å². The summed E-state index contributed by atoms with van der Waals surface area (Å²) in [5.41, 5.74) is 0.481. The molecule has 1 N–H and O–H groups in total. The van der Waals surface area contributed by atoms with E-state index in [4.69, 9.17) is 0 Å². The molecule has 0 bridgehead atoms. The van der Waals surface area contributed by atoms with Crippen LogP contribution in [0.1, 0.15) is 58.4 Å². The molecule has 138 valence electrons. The molecule has 0 radical (unpaired) electrons. The summed E-state index contributed by atoms with van der Waals surface area (Å²) in [5, 5.41) is 15.1. The smallest absolute Gasteiger partial charge is 0.417 e. The van der Waals surface area contributed by atoms with Crippen LogP contribution < -0.4 is 10.4 Å². The lowest BCUT2D eigenvalue weighted by molar-refractivity contribution is -0.857. The van der Waals surface area contributed by atoms with Crippen LogP contribution in [-0.4, -0.2) is 46.1 Å². The minimum Gasteiger partial charge on any atom is -0.544 e. The number of aromatic nitrogens is 1. The van der Waals surface area contributed by atoms with Gasteiger partial charge in [-0.15, -0.1) is 0 Å². The monoisotopic (exact) mass is 347 g/mol. The second kappa shape index (κ2) is 7.52. The second-order valence-corrected chi connectivity index (χ2v) is 7.59. The molecular weight excluding hydrogens is 318 g/mol. The van der Waals surface area contributed by atoms with E-state index in [9.17, 15) is 14.7 Å². The van der Waals surface area contributed by atoms with Gasteiger partial charge in [0.25, 0.3) is 0 Å². The third-order valence-electron chi connectivity index (χ3n) is 5.46. The number of nitrogens with zero attached hydrogens (tertiary/aromatic N) is 2. The zero-order valence-electron chi connectivity index (χ0n) is 15.6. The maximum Gasteiger partial charge on any atom is 0.417 e.